The molecule has 1 aliphatic rings. The van der Waals surface area contributed by atoms with Gasteiger partial charge in [-0.25, -0.2) is 0 Å². The van der Waals surface area contributed by atoms with Crippen molar-refractivity contribution >= 4 is 9.57 Å². The summed E-state index contributed by atoms with van der Waals surface area (Å²) in [4.78, 5) is 22.0. The molecule has 0 amide bonds. The molecule has 0 saturated heterocycles. The summed E-state index contributed by atoms with van der Waals surface area (Å²) in [6.07, 6.45) is 2.77. The molecule has 3 heteroatoms. The Labute approximate surface area is 82.7 Å². The van der Waals surface area contributed by atoms with Crippen molar-refractivity contribution in [3.05, 3.63) is 9.66 Å². The van der Waals surface area contributed by atoms with E-state index in [0.717, 1.165) is 10.0 Å². The summed E-state index contributed by atoms with van der Waals surface area (Å²) in [7, 11) is 0. The van der Waals surface area contributed by atoms with E-state index in [1.165, 1.54) is 0 Å². The van der Waals surface area contributed by atoms with Crippen LogP contribution in [0.3, 0.4) is 0 Å². The Morgan fingerprint density at radius 1 is 1.50 bits per heavy atom. The molecule has 0 aliphatic carbocycles. The van der Waals surface area contributed by atoms with Crippen LogP contribution in [0.2, 0.25) is 0 Å². The summed E-state index contributed by atoms with van der Waals surface area (Å²) < 4.78 is 1.29. The van der Waals surface area contributed by atoms with E-state index in [1.807, 2.05) is 0 Å². The first-order valence-electron chi connectivity index (χ1n) is 3.99. The third-order valence-corrected chi connectivity index (χ3v) is 3.89. The molecule has 0 radical (unpaired) electrons. The standard InChI is InChI=1S/C9H12IO2/c1-6(2)3-7-4-8(11)5-9(12)10-7/h4,6H,3,5H2,1-2H3/q-1. The van der Waals surface area contributed by atoms with Gasteiger partial charge in [-0.2, -0.15) is 0 Å². The monoisotopic (exact) mass is 279 g/mol. The number of allylic oxidation sites excluding steroid dienone is 2. The SMILES string of the molecule is CC(C)CC1=CC(=O)CC(=O)[I-]1. The van der Waals surface area contributed by atoms with E-state index >= 15 is 0 Å². The van der Waals surface area contributed by atoms with Gasteiger partial charge in [0.25, 0.3) is 0 Å². The summed E-state index contributed by atoms with van der Waals surface area (Å²) >= 11 is -0.473. The third kappa shape index (κ3) is 3.05. The van der Waals surface area contributed by atoms with E-state index < -0.39 is 21.2 Å². The molecule has 0 saturated carbocycles. The zero-order valence-corrected chi connectivity index (χ0v) is 9.42. The molecule has 0 unspecified atom stereocenters. The zero-order chi connectivity index (χ0) is 9.14. The Kier molecular flexibility index (Phi) is 3.43. The van der Waals surface area contributed by atoms with E-state index in [0.29, 0.717) is 5.92 Å². The number of rotatable bonds is 2. The van der Waals surface area contributed by atoms with Crippen molar-refractivity contribution in [2.24, 2.45) is 5.92 Å². The van der Waals surface area contributed by atoms with E-state index in [-0.39, 0.29) is 16.0 Å². The van der Waals surface area contributed by atoms with Gasteiger partial charge in [-0.15, -0.1) is 0 Å². The molecule has 0 aromatic rings. The van der Waals surface area contributed by atoms with Crippen LogP contribution in [0, 0.1) is 5.92 Å². The van der Waals surface area contributed by atoms with Crippen LogP contribution in [0.15, 0.2) is 9.66 Å². The first-order valence-corrected chi connectivity index (χ1v) is 6.14. The summed E-state index contributed by atoms with van der Waals surface area (Å²) in [6.45, 7) is 4.21. The van der Waals surface area contributed by atoms with Gasteiger partial charge in [0, 0.05) is 0 Å². The predicted octanol–water partition coefficient (Wildman–Crippen LogP) is -1.50. The second-order valence-electron chi connectivity index (χ2n) is 3.28. The number of hydrogen-bond acceptors (Lipinski definition) is 2. The van der Waals surface area contributed by atoms with E-state index in [2.05, 4.69) is 13.8 Å². The van der Waals surface area contributed by atoms with Crippen LogP contribution >= 0.6 is 0 Å². The number of ketones is 1. The summed E-state index contributed by atoms with van der Waals surface area (Å²) in [5.41, 5.74) is 0. The van der Waals surface area contributed by atoms with Crippen LogP contribution in [0.5, 0.6) is 0 Å². The molecular formula is C9H12IO2-. The molecule has 0 spiro atoms. The number of hydrogen-bond donors (Lipinski definition) is 0. The van der Waals surface area contributed by atoms with Crippen LogP contribution in [0.4, 0.5) is 0 Å². The average molecular weight is 279 g/mol. The van der Waals surface area contributed by atoms with E-state index in [9.17, 15) is 9.59 Å². The molecule has 0 N–H and O–H groups in total. The van der Waals surface area contributed by atoms with Gasteiger partial charge in [0.1, 0.15) is 0 Å². The Morgan fingerprint density at radius 2 is 2.17 bits per heavy atom. The molecule has 68 valence electrons. The average Bonchev–Trinajstić information content (AvgIpc) is 1.81. The minimum atomic E-state index is -0.473. The summed E-state index contributed by atoms with van der Waals surface area (Å²) in [5.74, 6) is 0.552. The molecule has 1 heterocycles. The first kappa shape index (κ1) is 9.89. The summed E-state index contributed by atoms with van der Waals surface area (Å²) in [5, 5.41) is 0. The second-order valence-corrected chi connectivity index (χ2v) is 6.41. The van der Waals surface area contributed by atoms with Crippen LogP contribution in [-0.4, -0.2) is 9.57 Å². The Balaban J connectivity index is 2.64. The van der Waals surface area contributed by atoms with Gasteiger partial charge in [0.2, 0.25) is 0 Å². The van der Waals surface area contributed by atoms with Crippen LogP contribution in [0.25, 0.3) is 0 Å². The van der Waals surface area contributed by atoms with Crippen molar-refractivity contribution < 1.29 is 30.8 Å². The van der Waals surface area contributed by atoms with Crippen molar-refractivity contribution in [2.75, 3.05) is 0 Å². The Morgan fingerprint density at radius 3 is 2.67 bits per heavy atom. The molecule has 0 fully saturated rings. The van der Waals surface area contributed by atoms with E-state index in [1.54, 1.807) is 6.08 Å². The van der Waals surface area contributed by atoms with E-state index in [4.69, 9.17) is 0 Å². The normalized spacial score (nSPS) is 19.1. The molecule has 1 aliphatic heterocycles. The fourth-order valence-corrected chi connectivity index (χ4v) is 3.99. The fourth-order valence-electron chi connectivity index (χ4n) is 1.05. The van der Waals surface area contributed by atoms with Crippen LogP contribution < -0.4 is 21.2 Å². The van der Waals surface area contributed by atoms with Crippen molar-refractivity contribution in [1.29, 1.82) is 0 Å². The maximum absolute atomic E-state index is 11.1. The first-order chi connectivity index (χ1) is 5.58. The molecule has 0 bridgehead atoms. The topological polar surface area (TPSA) is 34.1 Å². The molecule has 0 atom stereocenters. The van der Waals surface area contributed by atoms with Gasteiger partial charge in [-0.1, -0.05) is 0 Å². The molecule has 0 aromatic carbocycles. The molecule has 0 aromatic heterocycles. The minimum absolute atomic E-state index is 0.00148. The van der Waals surface area contributed by atoms with Crippen molar-refractivity contribution in [3.8, 4) is 0 Å². The number of carbonyl (C=O) groups excluding carboxylic acids is 2. The van der Waals surface area contributed by atoms with Gasteiger partial charge >= 0.3 is 82.6 Å². The van der Waals surface area contributed by atoms with Crippen LogP contribution in [0.1, 0.15) is 26.7 Å². The third-order valence-electron chi connectivity index (χ3n) is 1.46. The van der Waals surface area contributed by atoms with Gasteiger partial charge < -0.3 is 0 Å². The number of carbonyl (C=O) groups is 2. The fraction of sp³-hybridized carbons (Fsp3) is 0.556. The van der Waals surface area contributed by atoms with Crippen molar-refractivity contribution in [3.63, 3.8) is 0 Å². The molecule has 1 rings (SSSR count). The van der Waals surface area contributed by atoms with Crippen LogP contribution in [-0.2, 0) is 9.59 Å². The Bertz CT molecular complexity index is 241. The predicted molar refractivity (Wildman–Crippen MR) is 42.2 cm³/mol. The van der Waals surface area contributed by atoms with Gasteiger partial charge in [-0.3, -0.25) is 0 Å². The molecule has 12 heavy (non-hydrogen) atoms. The van der Waals surface area contributed by atoms with Gasteiger partial charge in [0.05, 0.1) is 0 Å². The molecular weight excluding hydrogens is 267 g/mol. The maximum atomic E-state index is 11.1. The second kappa shape index (κ2) is 4.16. The number of halogens is 1. The van der Waals surface area contributed by atoms with Crippen molar-refractivity contribution in [2.45, 2.75) is 26.7 Å². The van der Waals surface area contributed by atoms with Gasteiger partial charge in [-0.05, 0) is 0 Å². The molecule has 2 nitrogen and oxygen atoms in total. The van der Waals surface area contributed by atoms with Gasteiger partial charge in [0.15, 0.2) is 0 Å². The summed E-state index contributed by atoms with van der Waals surface area (Å²) in [6, 6.07) is 0. The zero-order valence-electron chi connectivity index (χ0n) is 7.26. The van der Waals surface area contributed by atoms with Crippen molar-refractivity contribution in [1.82, 2.24) is 0 Å². The quantitative estimate of drug-likeness (QED) is 0.350. The Hall–Kier alpha value is -0.190.